The lowest BCUT2D eigenvalue weighted by Crippen LogP contribution is -2.35. The van der Waals surface area contributed by atoms with E-state index in [9.17, 15) is 9.59 Å². The van der Waals surface area contributed by atoms with Crippen LogP contribution in [0.5, 0.6) is 11.5 Å². The summed E-state index contributed by atoms with van der Waals surface area (Å²) in [5.41, 5.74) is 2.52. The van der Waals surface area contributed by atoms with Crippen LogP contribution >= 0.6 is 0 Å². The van der Waals surface area contributed by atoms with Crippen molar-refractivity contribution in [3.63, 3.8) is 0 Å². The van der Waals surface area contributed by atoms with Crippen molar-refractivity contribution in [3.8, 4) is 11.5 Å². The number of carbonyl (C=O) groups excluding carboxylic acids is 2. The molecule has 32 heavy (non-hydrogen) atoms. The van der Waals surface area contributed by atoms with Crippen molar-refractivity contribution in [2.45, 2.75) is 38.6 Å². The Kier molecular flexibility index (Phi) is 6.53. The minimum absolute atomic E-state index is 0.0831. The van der Waals surface area contributed by atoms with Gasteiger partial charge in [0.15, 0.2) is 0 Å². The van der Waals surface area contributed by atoms with Crippen molar-refractivity contribution >= 4 is 23.2 Å². The smallest absolute Gasteiger partial charge is 0.255 e. The van der Waals surface area contributed by atoms with Crippen LogP contribution < -0.4 is 25.0 Å². The molecule has 1 saturated heterocycles. The molecule has 2 aromatic carbocycles. The lowest BCUT2D eigenvalue weighted by Gasteiger charge is -2.33. The molecule has 2 aromatic rings. The van der Waals surface area contributed by atoms with Crippen LogP contribution in [-0.2, 0) is 0 Å². The first-order valence-corrected chi connectivity index (χ1v) is 11.2. The molecule has 4 rings (SSSR count). The molecule has 2 aliphatic rings. The third kappa shape index (κ3) is 5.15. The van der Waals surface area contributed by atoms with E-state index in [-0.39, 0.29) is 17.9 Å². The predicted molar refractivity (Wildman–Crippen MR) is 125 cm³/mol. The molecule has 2 fully saturated rings. The van der Waals surface area contributed by atoms with Gasteiger partial charge >= 0.3 is 0 Å². The third-order valence-corrected chi connectivity index (χ3v) is 6.15. The van der Waals surface area contributed by atoms with Gasteiger partial charge in [0.05, 0.1) is 19.8 Å². The van der Waals surface area contributed by atoms with Crippen molar-refractivity contribution in [2.24, 2.45) is 5.92 Å². The highest BCUT2D eigenvalue weighted by Crippen LogP contribution is 2.30. The Morgan fingerprint density at radius 3 is 2.16 bits per heavy atom. The molecule has 1 aliphatic heterocycles. The Balaban J connectivity index is 1.58. The van der Waals surface area contributed by atoms with Gasteiger partial charge in [-0.15, -0.1) is 0 Å². The first kappa shape index (κ1) is 22.0. The number of hydrogen-bond donors (Lipinski definition) is 2. The fourth-order valence-electron chi connectivity index (χ4n) is 3.95. The highest BCUT2D eigenvalue weighted by molar-refractivity contribution is 6.06. The number of nitrogens with one attached hydrogen (secondary N) is 2. The van der Waals surface area contributed by atoms with Gasteiger partial charge in [-0.3, -0.25) is 9.59 Å². The van der Waals surface area contributed by atoms with E-state index < -0.39 is 0 Å². The minimum Gasteiger partial charge on any atom is -0.497 e. The lowest BCUT2D eigenvalue weighted by atomic mass is 9.97. The first-order valence-electron chi connectivity index (χ1n) is 11.2. The maximum absolute atomic E-state index is 13.0. The summed E-state index contributed by atoms with van der Waals surface area (Å²) >= 11 is 0. The number of hydrogen-bond acceptors (Lipinski definition) is 5. The molecule has 2 N–H and O–H groups in total. The van der Waals surface area contributed by atoms with Gasteiger partial charge in [-0.1, -0.05) is 6.92 Å². The highest BCUT2D eigenvalue weighted by atomic mass is 16.5. The molecule has 170 valence electrons. The van der Waals surface area contributed by atoms with Crippen LogP contribution in [0.2, 0.25) is 0 Å². The summed E-state index contributed by atoms with van der Waals surface area (Å²) in [5, 5.41) is 6.00. The summed E-state index contributed by atoms with van der Waals surface area (Å²) < 4.78 is 10.5. The van der Waals surface area contributed by atoms with Crippen molar-refractivity contribution in [2.75, 3.05) is 37.5 Å². The van der Waals surface area contributed by atoms with Crippen LogP contribution in [0, 0.1) is 5.92 Å². The van der Waals surface area contributed by atoms with Gasteiger partial charge in [-0.25, -0.2) is 0 Å². The largest absolute Gasteiger partial charge is 0.497 e. The quantitative estimate of drug-likeness (QED) is 0.682. The molecule has 0 atom stereocenters. The van der Waals surface area contributed by atoms with Crippen molar-refractivity contribution in [1.82, 2.24) is 5.32 Å². The Morgan fingerprint density at radius 1 is 0.906 bits per heavy atom. The maximum Gasteiger partial charge on any atom is 0.255 e. The number of piperidine rings is 1. The molecule has 1 heterocycles. The zero-order valence-electron chi connectivity index (χ0n) is 18.9. The SMILES string of the molecule is COc1cc(OC)cc(C(=O)Nc2ccc(N3CCC(C)CC3)c(C(=O)NC3CC3)c2)c1. The second-order valence-electron chi connectivity index (χ2n) is 8.70. The van der Waals surface area contributed by atoms with Crippen LogP contribution in [0.25, 0.3) is 0 Å². The number of rotatable bonds is 7. The number of anilines is 2. The van der Waals surface area contributed by atoms with Crippen molar-refractivity contribution in [1.29, 1.82) is 0 Å². The van der Waals surface area contributed by atoms with E-state index in [1.54, 1.807) is 38.5 Å². The van der Waals surface area contributed by atoms with Crippen molar-refractivity contribution < 1.29 is 19.1 Å². The Morgan fingerprint density at radius 2 is 1.56 bits per heavy atom. The lowest BCUT2D eigenvalue weighted by molar-refractivity contribution is 0.0950. The molecule has 7 heteroatoms. The fourth-order valence-corrected chi connectivity index (χ4v) is 3.95. The molecule has 0 aromatic heterocycles. The van der Waals surface area contributed by atoms with Gasteiger partial charge in [0, 0.05) is 42.1 Å². The summed E-state index contributed by atoms with van der Waals surface area (Å²) in [7, 11) is 3.09. The van der Waals surface area contributed by atoms with Crippen LogP contribution in [-0.4, -0.2) is 45.2 Å². The van der Waals surface area contributed by atoms with E-state index in [0.717, 1.165) is 44.5 Å². The molecule has 1 saturated carbocycles. The van der Waals surface area contributed by atoms with Gasteiger partial charge in [0.1, 0.15) is 11.5 Å². The van der Waals surface area contributed by atoms with E-state index in [1.807, 2.05) is 12.1 Å². The van der Waals surface area contributed by atoms with E-state index in [1.165, 1.54) is 0 Å². The summed E-state index contributed by atoms with van der Waals surface area (Å²) in [6.45, 7) is 4.13. The highest BCUT2D eigenvalue weighted by Gasteiger charge is 2.27. The average molecular weight is 438 g/mol. The van der Waals surface area contributed by atoms with Gasteiger partial charge in [-0.2, -0.15) is 0 Å². The van der Waals surface area contributed by atoms with Crippen LogP contribution in [0.3, 0.4) is 0 Å². The average Bonchev–Trinajstić information content (AvgIpc) is 3.63. The van der Waals surface area contributed by atoms with Crippen LogP contribution in [0.1, 0.15) is 53.3 Å². The van der Waals surface area contributed by atoms with Crippen molar-refractivity contribution in [3.05, 3.63) is 47.5 Å². The van der Waals surface area contributed by atoms with Gasteiger partial charge in [0.25, 0.3) is 11.8 Å². The molecule has 0 radical (unpaired) electrons. The second kappa shape index (κ2) is 9.51. The number of amides is 2. The van der Waals surface area contributed by atoms with Crippen LogP contribution in [0.15, 0.2) is 36.4 Å². The standard InChI is InChI=1S/C25H31N3O4/c1-16-8-10-28(11-9-16)23-7-6-19(14-22(23)25(30)26-18-4-5-18)27-24(29)17-12-20(31-2)15-21(13-17)32-3/h6-7,12-16,18H,4-5,8-11H2,1-3H3,(H,26,30)(H,27,29). The number of nitrogens with zero attached hydrogens (tertiary/aromatic N) is 1. The van der Waals surface area contributed by atoms with Gasteiger partial charge < -0.3 is 25.0 Å². The topological polar surface area (TPSA) is 79.9 Å². The molecular weight excluding hydrogens is 406 g/mol. The molecule has 0 unspecified atom stereocenters. The molecule has 0 bridgehead atoms. The van der Waals surface area contributed by atoms with E-state index in [4.69, 9.17) is 9.47 Å². The second-order valence-corrected chi connectivity index (χ2v) is 8.70. The van der Waals surface area contributed by atoms with Gasteiger partial charge in [0.2, 0.25) is 0 Å². The summed E-state index contributed by atoms with van der Waals surface area (Å²) in [4.78, 5) is 28.2. The molecule has 1 aliphatic carbocycles. The third-order valence-electron chi connectivity index (χ3n) is 6.15. The van der Waals surface area contributed by atoms with Crippen LogP contribution in [0.4, 0.5) is 11.4 Å². The Bertz CT molecular complexity index is 972. The molecule has 7 nitrogen and oxygen atoms in total. The first-order chi connectivity index (χ1) is 15.5. The number of carbonyl (C=O) groups is 2. The Hall–Kier alpha value is -3.22. The molecular formula is C25H31N3O4. The Labute approximate surface area is 189 Å². The zero-order valence-corrected chi connectivity index (χ0v) is 18.9. The van der Waals surface area contributed by atoms with E-state index in [0.29, 0.717) is 34.2 Å². The van der Waals surface area contributed by atoms with E-state index in [2.05, 4.69) is 22.5 Å². The van der Waals surface area contributed by atoms with Gasteiger partial charge in [-0.05, 0) is 61.9 Å². The minimum atomic E-state index is -0.296. The molecule has 2 amide bonds. The fraction of sp³-hybridized carbons (Fsp3) is 0.440. The normalized spacial score (nSPS) is 16.4. The zero-order chi connectivity index (χ0) is 22.7. The number of methoxy groups -OCH3 is 2. The summed E-state index contributed by atoms with van der Waals surface area (Å²) in [6.07, 6.45) is 4.27. The predicted octanol–water partition coefficient (Wildman–Crippen LogP) is 4.08. The summed E-state index contributed by atoms with van der Waals surface area (Å²) in [6, 6.07) is 10.9. The van der Waals surface area contributed by atoms with E-state index >= 15 is 0 Å². The summed E-state index contributed by atoms with van der Waals surface area (Å²) in [5.74, 6) is 1.39. The number of benzene rings is 2. The monoisotopic (exact) mass is 437 g/mol. The number of ether oxygens (including phenoxy) is 2. The maximum atomic E-state index is 13.0. The molecule has 0 spiro atoms.